The molecule has 3 nitrogen and oxygen atoms in total. The van der Waals surface area contributed by atoms with Crippen LogP contribution in [-0.2, 0) is 0 Å². The molecular formula is C12H6BrF3N2O. The highest BCUT2D eigenvalue weighted by Crippen LogP contribution is 2.20. The van der Waals surface area contributed by atoms with Crippen LogP contribution in [-0.4, -0.2) is 10.9 Å². The van der Waals surface area contributed by atoms with Crippen LogP contribution in [0.2, 0.25) is 0 Å². The fourth-order valence-corrected chi connectivity index (χ4v) is 1.82. The number of rotatable bonds is 2. The zero-order valence-corrected chi connectivity index (χ0v) is 10.8. The highest BCUT2D eigenvalue weighted by molar-refractivity contribution is 9.10. The highest BCUT2D eigenvalue weighted by atomic mass is 79.9. The molecule has 0 fully saturated rings. The first kappa shape index (κ1) is 13.5. The van der Waals surface area contributed by atoms with E-state index < -0.39 is 29.1 Å². The first-order valence-electron chi connectivity index (χ1n) is 5.06. The summed E-state index contributed by atoms with van der Waals surface area (Å²) in [5.41, 5.74) is -0.755. The van der Waals surface area contributed by atoms with Gasteiger partial charge in [-0.25, -0.2) is 13.8 Å². The van der Waals surface area contributed by atoms with Gasteiger partial charge in [0.25, 0.3) is 5.91 Å². The minimum atomic E-state index is -1.04. The van der Waals surface area contributed by atoms with E-state index in [1.54, 1.807) is 0 Å². The number of halogens is 4. The molecule has 0 aliphatic carbocycles. The van der Waals surface area contributed by atoms with E-state index in [2.05, 4.69) is 26.2 Å². The first-order chi connectivity index (χ1) is 8.97. The van der Waals surface area contributed by atoms with E-state index in [-0.39, 0.29) is 10.3 Å². The zero-order chi connectivity index (χ0) is 14.0. The number of amides is 1. The Labute approximate surface area is 114 Å². The van der Waals surface area contributed by atoms with Crippen LogP contribution in [0.5, 0.6) is 0 Å². The number of pyridine rings is 1. The molecule has 7 heteroatoms. The number of carbonyl (C=O) groups is 1. The zero-order valence-electron chi connectivity index (χ0n) is 9.25. The van der Waals surface area contributed by atoms with Gasteiger partial charge in [-0.05, 0) is 24.3 Å². The van der Waals surface area contributed by atoms with E-state index in [0.29, 0.717) is 0 Å². The molecule has 0 bridgehead atoms. The average molecular weight is 331 g/mol. The molecule has 1 aromatic carbocycles. The van der Waals surface area contributed by atoms with Crippen LogP contribution < -0.4 is 5.32 Å². The maximum atomic E-state index is 13.5. The molecule has 0 aliphatic rings. The van der Waals surface area contributed by atoms with Crippen molar-refractivity contribution in [3.8, 4) is 0 Å². The number of hydrogen-bond donors (Lipinski definition) is 1. The Morgan fingerprint density at radius 3 is 2.37 bits per heavy atom. The number of carbonyl (C=O) groups excluding carboxylic acids is 1. The van der Waals surface area contributed by atoms with Crippen molar-refractivity contribution in [2.24, 2.45) is 0 Å². The molecule has 0 aliphatic heterocycles. The van der Waals surface area contributed by atoms with Crippen molar-refractivity contribution in [3.05, 3.63) is 58.0 Å². The Balaban J connectivity index is 2.31. The van der Waals surface area contributed by atoms with Crippen LogP contribution in [0.1, 0.15) is 10.4 Å². The van der Waals surface area contributed by atoms with Crippen LogP contribution >= 0.6 is 15.9 Å². The SMILES string of the molecule is O=C(Nc1cccc(F)n1)c1c(F)cc(Br)cc1F. The molecule has 0 unspecified atom stereocenters. The van der Waals surface area contributed by atoms with E-state index >= 15 is 0 Å². The molecule has 19 heavy (non-hydrogen) atoms. The van der Waals surface area contributed by atoms with Gasteiger partial charge in [0.2, 0.25) is 5.95 Å². The van der Waals surface area contributed by atoms with Crippen molar-refractivity contribution in [1.82, 2.24) is 4.98 Å². The first-order valence-corrected chi connectivity index (χ1v) is 5.85. The molecule has 0 atom stereocenters. The third-order valence-electron chi connectivity index (χ3n) is 2.19. The summed E-state index contributed by atoms with van der Waals surface area (Å²) in [4.78, 5) is 15.1. The third kappa shape index (κ3) is 3.11. The quantitative estimate of drug-likeness (QED) is 0.856. The number of anilines is 1. The monoisotopic (exact) mass is 330 g/mol. The van der Waals surface area contributed by atoms with E-state index in [1.807, 2.05) is 0 Å². The maximum absolute atomic E-state index is 13.5. The van der Waals surface area contributed by atoms with Crippen molar-refractivity contribution < 1.29 is 18.0 Å². The van der Waals surface area contributed by atoms with Crippen molar-refractivity contribution in [1.29, 1.82) is 0 Å². The lowest BCUT2D eigenvalue weighted by Crippen LogP contribution is -2.17. The number of nitrogens with zero attached hydrogens (tertiary/aromatic N) is 1. The predicted molar refractivity (Wildman–Crippen MR) is 66.2 cm³/mol. The molecule has 1 amide bonds. The highest BCUT2D eigenvalue weighted by Gasteiger charge is 2.18. The van der Waals surface area contributed by atoms with Gasteiger partial charge in [-0.2, -0.15) is 4.39 Å². The topological polar surface area (TPSA) is 42.0 Å². The van der Waals surface area contributed by atoms with Crippen LogP contribution in [0.4, 0.5) is 19.0 Å². The van der Waals surface area contributed by atoms with Crippen molar-refractivity contribution in [2.45, 2.75) is 0 Å². The Kier molecular flexibility index (Phi) is 3.84. The van der Waals surface area contributed by atoms with Gasteiger partial charge in [0.15, 0.2) is 0 Å². The number of hydrogen-bond acceptors (Lipinski definition) is 2. The van der Waals surface area contributed by atoms with Crippen molar-refractivity contribution >= 4 is 27.7 Å². The molecule has 0 radical (unpaired) electrons. The smallest absolute Gasteiger partial charge is 0.262 e. The molecule has 0 spiro atoms. The number of benzene rings is 1. The maximum Gasteiger partial charge on any atom is 0.262 e. The number of nitrogens with one attached hydrogen (secondary N) is 1. The Hall–Kier alpha value is -1.89. The van der Waals surface area contributed by atoms with Crippen LogP contribution in [0, 0.1) is 17.6 Å². The molecule has 0 saturated heterocycles. The predicted octanol–water partition coefficient (Wildman–Crippen LogP) is 3.51. The van der Waals surface area contributed by atoms with Crippen LogP contribution in [0.25, 0.3) is 0 Å². The molecule has 1 heterocycles. The van der Waals surface area contributed by atoms with Gasteiger partial charge in [0, 0.05) is 4.47 Å². The van der Waals surface area contributed by atoms with E-state index in [4.69, 9.17) is 0 Å². The standard InChI is InChI=1S/C12H6BrF3N2O/c13-6-4-7(14)11(8(15)5-6)12(19)18-10-3-1-2-9(16)17-10/h1-5H,(H,17,18,19). The van der Waals surface area contributed by atoms with Gasteiger partial charge >= 0.3 is 0 Å². The summed E-state index contributed by atoms with van der Waals surface area (Å²) in [7, 11) is 0. The second-order valence-electron chi connectivity index (χ2n) is 3.54. The lowest BCUT2D eigenvalue weighted by Gasteiger charge is -2.07. The van der Waals surface area contributed by atoms with Crippen LogP contribution in [0.3, 0.4) is 0 Å². The average Bonchev–Trinajstić information content (AvgIpc) is 2.27. The fourth-order valence-electron chi connectivity index (χ4n) is 1.42. The van der Waals surface area contributed by atoms with Gasteiger partial charge in [-0.3, -0.25) is 4.79 Å². The van der Waals surface area contributed by atoms with E-state index in [1.165, 1.54) is 12.1 Å². The summed E-state index contributed by atoms with van der Waals surface area (Å²) in [5, 5.41) is 2.11. The fraction of sp³-hybridized carbons (Fsp3) is 0. The molecular weight excluding hydrogens is 325 g/mol. The van der Waals surface area contributed by atoms with Gasteiger partial charge in [-0.15, -0.1) is 0 Å². The summed E-state index contributed by atoms with van der Waals surface area (Å²) >= 11 is 2.90. The summed E-state index contributed by atoms with van der Waals surface area (Å²) in [6, 6.07) is 5.60. The van der Waals surface area contributed by atoms with Crippen molar-refractivity contribution in [3.63, 3.8) is 0 Å². The Morgan fingerprint density at radius 1 is 1.16 bits per heavy atom. The molecule has 2 rings (SSSR count). The molecule has 2 aromatic rings. The third-order valence-corrected chi connectivity index (χ3v) is 2.65. The van der Waals surface area contributed by atoms with E-state index in [9.17, 15) is 18.0 Å². The largest absolute Gasteiger partial charge is 0.306 e. The van der Waals surface area contributed by atoms with E-state index in [0.717, 1.165) is 18.2 Å². The van der Waals surface area contributed by atoms with Crippen molar-refractivity contribution in [2.75, 3.05) is 5.32 Å². The van der Waals surface area contributed by atoms with Gasteiger partial charge < -0.3 is 5.32 Å². The summed E-state index contributed by atoms with van der Waals surface area (Å²) in [6.45, 7) is 0. The summed E-state index contributed by atoms with van der Waals surface area (Å²) < 4.78 is 40.0. The Morgan fingerprint density at radius 2 is 1.79 bits per heavy atom. The molecule has 1 aromatic heterocycles. The normalized spacial score (nSPS) is 10.3. The van der Waals surface area contributed by atoms with Crippen LogP contribution in [0.15, 0.2) is 34.8 Å². The summed E-state index contributed by atoms with van der Waals surface area (Å²) in [5.74, 6) is -4.04. The second-order valence-corrected chi connectivity index (χ2v) is 4.46. The minimum absolute atomic E-state index is 0.133. The number of aromatic nitrogens is 1. The molecule has 98 valence electrons. The lowest BCUT2D eigenvalue weighted by molar-refractivity contribution is 0.101. The molecule has 0 saturated carbocycles. The van der Waals surface area contributed by atoms with Gasteiger partial charge in [-0.1, -0.05) is 22.0 Å². The summed E-state index contributed by atoms with van der Waals surface area (Å²) in [6.07, 6.45) is 0. The molecule has 1 N–H and O–H groups in total. The Bertz CT molecular complexity index is 626. The minimum Gasteiger partial charge on any atom is -0.306 e. The second kappa shape index (κ2) is 5.40. The lowest BCUT2D eigenvalue weighted by atomic mass is 10.2. The van der Waals surface area contributed by atoms with Gasteiger partial charge in [0.1, 0.15) is 23.0 Å². The van der Waals surface area contributed by atoms with Gasteiger partial charge in [0.05, 0.1) is 0 Å².